The van der Waals surface area contributed by atoms with Crippen molar-refractivity contribution in [2.45, 2.75) is 18.5 Å². The second-order valence-corrected chi connectivity index (χ2v) is 4.89. The SMILES string of the molecule is O=C1C[C@@H](C(=O)Nc2n[nH]c(C(F)(F)F)n2)c2ccccc2N1. The van der Waals surface area contributed by atoms with Crippen LogP contribution >= 0.6 is 0 Å². The molecule has 120 valence electrons. The smallest absolute Gasteiger partial charge is 0.326 e. The molecule has 23 heavy (non-hydrogen) atoms. The zero-order valence-corrected chi connectivity index (χ0v) is 11.4. The Morgan fingerprint density at radius 2 is 2.04 bits per heavy atom. The van der Waals surface area contributed by atoms with Gasteiger partial charge < -0.3 is 5.32 Å². The van der Waals surface area contributed by atoms with Gasteiger partial charge in [0.1, 0.15) is 0 Å². The molecular formula is C13H10F3N5O2. The number of aromatic nitrogens is 3. The van der Waals surface area contributed by atoms with Crippen LogP contribution in [0.1, 0.15) is 23.7 Å². The van der Waals surface area contributed by atoms with Crippen LogP contribution in [0.15, 0.2) is 24.3 Å². The van der Waals surface area contributed by atoms with E-state index in [1.807, 2.05) is 0 Å². The van der Waals surface area contributed by atoms with Crippen LogP contribution in [0.2, 0.25) is 0 Å². The number of para-hydroxylation sites is 1. The van der Waals surface area contributed by atoms with Crippen LogP contribution in [0.5, 0.6) is 0 Å². The molecule has 1 atom stereocenters. The summed E-state index contributed by atoms with van der Waals surface area (Å²) in [6.07, 6.45) is -4.80. The van der Waals surface area contributed by atoms with Crippen LogP contribution in [-0.4, -0.2) is 27.0 Å². The van der Waals surface area contributed by atoms with E-state index in [0.717, 1.165) is 0 Å². The van der Waals surface area contributed by atoms with Gasteiger partial charge in [-0.1, -0.05) is 18.2 Å². The molecule has 1 aromatic carbocycles. The molecule has 3 N–H and O–H groups in total. The third-order valence-corrected chi connectivity index (χ3v) is 3.31. The molecule has 0 saturated carbocycles. The van der Waals surface area contributed by atoms with Crippen LogP contribution < -0.4 is 10.6 Å². The molecule has 1 aliphatic rings. The van der Waals surface area contributed by atoms with E-state index in [9.17, 15) is 22.8 Å². The lowest BCUT2D eigenvalue weighted by molar-refractivity contribution is -0.144. The normalized spacial score (nSPS) is 17.3. The highest BCUT2D eigenvalue weighted by atomic mass is 19.4. The van der Waals surface area contributed by atoms with Gasteiger partial charge in [-0.3, -0.25) is 20.0 Å². The number of hydrogen-bond donors (Lipinski definition) is 3. The molecular weight excluding hydrogens is 315 g/mol. The summed E-state index contributed by atoms with van der Waals surface area (Å²) < 4.78 is 37.3. The Labute approximate surface area is 127 Å². The number of H-pyrrole nitrogens is 1. The molecule has 2 amide bonds. The minimum atomic E-state index is -4.69. The third-order valence-electron chi connectivity index (χ3n) is 3.31. The molecule has 1 aromatic heterocycles. The van der Waals surface area contributed by atoms with Gasteiger partial charge in [-0.25, -0.2) is 0 Å². The van der Waals surface area contributed by atoms with Gasteiger partial charge in [0.25, 0.3) is 0 Å². The number of carbonyl (C=O) groups excluding carboxylic acids is 2. The monoisotopic (exact) mass is 325 g/mol. The third kappa shape index (κ3) is 3.00. The minimum Gasteiger partial charge on any atom is -0.326 e. The number of fused-ring (bicyclic) bond motifs is 1. The average molecular weight is 325 g/mol. The van der Waals surface area contributed by atoms with Gasteiger partial charge in [0.05, 0.1) is 5.92 Å². The number of nitrogens with zero attached hydrogens (tertiary/aromatic N) is 2. The topological polar surface area (TPSA) is 99.8 Å². The van der Waals surface area contributed by atoms with Crippen LogP contribution in [0, 0.1) is 0 Å². The van der Waals surface area contributed by atoms with E-state index in [1.165, 1.54) is 0 Å². The van der Waals surface area contributed by atoms with E-state index in [4.69, 9.17) is 0 Å². The number of halogens is 3. The first-order chi connectivity index (χ1) is 10.8. The van der Waals surface area contributed by atoms with E-state index in [2.05, 4.69) is 20.7 Å². The molecule has 0 fully saturated rings. The van der Waals surface area contributed by atoms with Gasteiger partial charge in [0.2, 0.25) is 23.6 Å². The van der Waals surface area contributed by atoms with Crippen LogP contribution in [0.25, 0.3) is 0 Å². The summed E-state index contributed by atoms with van der Waals surface area (Å²) >= 11 is 0. The first-order valence-corrected chi connectivity index (χ1v) is 6.54. The van der Waals surface area contributed by atoms with E-state index >= 15 is 0 Å². The Balaban J connectivity index is 1.81. The summed E-state index contributed by atoms with van der Waals surface area (Å²) in [7, 11) is 0. The lowest BCUT2D eigenvalue weighted by Crippen LogP contribution is -2.31. The zero-order chi connectivity index (χ0) is 16.6. The molecule has 7 nitrogen and oxygen atoms in total. The molecule has 2 aromatic rings. The molecule has 0 bridgehead atoms. The Kier molecular flexibility index (Phi) is 3.51. The second kappa shape index (κ2) is 5.38. The number of amides is 2. The van der Waals surface area contributed by atoms with Crippen molar-refractivity contribution in [3.8, 4) is 0 Å². The van der Waals surface area contributed by atoms with Crippen molar-refractivity contribution in [3.63, 3.8) is 0 Å². The average Bonchev–Trinajstić information content (AvgIpc) is 2.95. The number of nitrogens with one attached hydrogen (secondary N) is 3. The predicted molar refractivity (Wildman–Crippen MR) is 72.4 cm³/mol. The summed E-state index contributed by atoms with van der Waals surface area (Å²) in [6, 6.07) is 6.70. The summed E-state index contributed by atoms with van der Waals surface area (Å²) in [4.78, 5) is 27.1. The van der Waals surface area contributed by atoms with Gasteiger partial charge >= 0.3 is 6.18 Å². The summed E-state index contributed by atoms with van der Waals surface area (Å²) in [6.45, 7) is 0. The Hall–Kier alpha value is -2.91. The van der Waals surface area contributed by atoms with Crippen molar-refractivity contribution in [3.05, 3.63) is 35.7 Å². The number of hydrogen-bond acceptors (Lipinski definition) is 4. The lowest BCUT2D eigenvalue weighted by Gasteiger charge is -2.24. The number of rotatable bonds is 2. The first-order valence-electron chi connectivity index (χ1n) is 6.54. The fourth-order valence-electron chi connectivity index (χ4n) is 2.29. The zero-order valence-electron chi connectivity index (χ0n) is 11.4. The van der Waals surface area contributed by atoms with Crippen molar-refractivity contribution in [2.75, 3.05) is 10.6 Å². The van der Waals surface area contributed by atoms with E-state index in [0.29, 0.717) is 11.3 Å². The molecule has 0 spiro atoms. The number of alkyl halides is 3. The molecule has 2 heterocycles. The fourth-order valence-corrected chi connectivity index (χ4v) is 2.29. The Morgan fingerprint density at radius 3 is 2.74 bits per heavy atom. The quantitative estimate of drug-likeness (QED) is 0.785. The largest absolute Gasteiger partial charge is 0.451 e. The van der Waals surface area contributed by atoms with Crippen molar-refractivity contribution in [1.82, 2.24) is 15.2 Å². The van der Waals surface area contributed by atoms with Gasteiger partial charge in [0, 0.05) is 12.1 Å². The highest BCUT2D eigenvalue weighted by Crippen LogP contribution is 2.33. The maximum atomic E-state index is 12.4. The second-order valence-electron chi connectivity index (χ2n) is 4.89. The number of anilines is 2. The number of carbonyl (C=O) groups is 2. The lowest BCUT2D eigenvalue weighted by atomic mass is 9.90. The molecule has 0 saturated heterocycles. The standard InChI is InChI=1S/C13H10F3N5O2/c14-13(15,16)11-19-12(21-20-11)18-10(23)7-5-9(22)17-8-4-2-1-3-6(7)8/h1-4,7H,5H2,(H,17,22)(H2,18,19,20,21,23)/t7-/m1/s1. The number of benzene rings is 1. The predicted octanol–water partition coefficient (Wildman–Crippen LogP) is 1.89. The van der Waals surface area contributed by atoms with Crippen molar-refractivity contribution in [2.24, 2.45) is 0 Å². The highest BCUT2D eigenvalue weighted by molar-refractivity contribution is 6.04. The summed E-state index contributed by atoms with van der Waals surface area (Å²) in [5, 5.41) is 9.83. The van der Waals surface area contributed by atoms with Crippen molar-refractivity contribution in [1.29, 1.82) is 0 Å². The van der Waals surface area contributed by atoms with E-state index in [-0.39, 0.29) is 12.3 Å². The number of aromatic amines is 1. The molecule has 10 heteroatoms. The molecule has 0 aliphatic carbocycles. The maximum Gasteiger partial charge on any atom is 0.451 e. The minimum absolute atomic E-state index is 0.112. The van der Waals surface area contributed by atoms with E-state index < -0.39 is 29.8 Å². The van der Waals surface area contributed by atoms with Gasteiger partial charge in [0.15, 0.2) is 0 Å². The first kappa shape index (κ1) is 15.0. The van der Waals surface area contributed by atoms with Crippen LogP contribution in [0.3, 0.4) is 0 Å². The Bertz CT molecular complexity index is 771. The molecule has 3 rings (SSSR count). The maximum absolute atomic E-state index is 12.4. The summed E-state index contributed by atoms with van der Waals surface area (Å²) in [5.74, 6) is -3.64. The summed E-state index contributed by atoms with van der Waals surface area (Å²) in [5.41, 5.74) is 1.08. The highest BCUT2D eigenvalue weighted by Gasteiger charge is 2.36. The van der Waals surface area contributed by atoms with Gasteiger partial charge in [-0.15, -0.1) is 5.10 Å². The Morgan fingerprint density at radius 1 is 1.30 bits per heavy atom. The molecule has 0 unspecified atom stereocenters. The van der Waals surface area contributed by atoms with Crippen molar-refractivity contribution >= 4 is 23.5 Å². The van der Waals surface area contributed by atoms with Crippen molar-refractivity contribution < 1.29 is 22.8 Å². The molecule has 1 aliphatic heterocycles. The van der Waals surface area contributed by atoms with Crippen LogP contribution in [-0.2, 0) is 15.8 Å². The van der Waals surface area contributed by atoms with Gasteiger partial charge in [-0.05, 0) is 11.6 Å². The molecule has 0 radical (unpaired) electrons. The van der Waals surface area contributed by atoms with Gasteiger partial charge in [-0.2, -0.15) is 18.2 Å². The fraction of sp³-hybridized carbons (Fsp3) is 0.231. The van der Waals surface area contributed by atoms with Crippen LogP contribution in [0.4, 0.5) is 24.8 Å². The van der Waals surface area contributed by atoms with E-state index in [1.54, 1.807) is 29.4 Å².